The topological polar surface area (TPSA) is 97.5 Å². The summed E-state index contributed by atoms with van der Waals surface area (Å²) in [6.45, 7) is 0. The van der Waals surface area contributed by atoms with Crippen molar-refractivity contribution >= 4 is 42.8 Å². The molecule has 20 heavy (non-hydrogen) atoms. The van der Waals surface area contributed by atoms with Crippen molar-refractivity contribution in [1.29, 1.82) is 0 Å². The van der Waals surface area contributed by atoms with Crippen molar-refractivity contribution in [3.05, 3.63) is 29.8 Å². The second-order valence-corrected chi connectivity index (χ2v) is 9.15. The molecule has 112 valence electrons. The van der Waals surface area contributed by atoms with E-state index in [4.69, 9.17) is 18.0 Å². The van der Waals surface area contributed by atoms with Gasteiger partial charge < -0.3 is 5.73 Å². The Morgan fingerprint density at radius 1 is 1.25 bits per heavy atom. The molecule has 6 nitrogen and oxygen atoms in total. The first-order valence-electron chi connectivity index (χ1n) is 5.57. The van der Waals surface area contributed by atoms with Crippen LogP contribution in [0.3, 0.4) is 0 Å². The van der Waals surface area contributed by atoms with Gasteiger partial charge >= 0.3 is 0 Å². The molecule has 2 N–H and O–H groups in total. The Morgan fingerprint density at radius 3 is 2.35 bits per heavy atom. The minimum Gasteiger partial charge on any atom is -0.389 e. The van der Waals surface area contributed by atoms with Gasteiger partial charge in [-0.1, -0.05) is 24.4 Å². The van der Waals surface area contributed by atoms with Crippen molar-refractivity contribution in [1.82, 2.24) is 0 Å². The fraction of sp³-hybridized carbons (Fsp3) is 0.364. The van der Waals surface area contributed by atoms with E-state index in [1.165, 1.54) is 7.05 Å². The summed E-state index contributed by atoms with van der Waals surface area (Å²) in [6.07, 6.45) is 0.996. The Bertz CT molecular complexity index is 711. The molecule has 0 fully saturated rings. The fourth-order valence-electron chi connectivity index (χ4n) is 1.41. The Labute approximate surface area is 124 Å². The first-order valence-corrected chi connectivity index (χ1v) is 9.65. The molecule has 0 aliphatic rings. The molecule has 0 bridgehead atoms. The molecule has 0 aliphatic carbocycles. The number of rotatable bonds is 6. The van der Waals surface area contributed by atoms with Crippen LogP contribution in [0.5, 0.6) is 0 Å². The number of hydrogen-bond acceptors (Lipinski definition) is 5. The molecule has 0 heterocycles. The molecular formula is C11H16N2O4S3. The molecule has 0 spiro atoms. The summed E-state index contributed by atoms with van der Waals surface area (Å²) in [4.78, 5) is 0.161. The molecular weight excluding hydrogens is 320 g/mol. The van der Waals surface area contributed by atoms with Crippen LogP contribution in [-0.4, -0.2) is 46.6 Å². The SMILES string of the molecule is CN(c1cccc(C(N)=S)c1)S(=O)(=O)CCS(C)(=O)=O. The molecule has 1 aromatic rings. The number of nitrogens with zero attached hydrogens (tertiary/aromatic N) is 1. The molecule has 0 amide bonds. The second kappa shape index (κ2) is 6.06. The van der Waals surface area contributed by atoms with Gasteiger partial charge in [0.25, 0.3) is 0 Å². The van der Waals surface area contributed by atoms with Gasteiger partial charge in [-0.25, -0.2) is 16.8 Å². The van der Waals surface area contributed by atoms with Gasteiger partial charge in [-0.05, 0) is 12.1 Å². The van der Waals surface area contributed by atoms with Crippen molar-refractivity contribution in [2.45, 2.75) is 0 Å². The van der Waals surface area contributed by atoms with Gasteiger partial charge in [0.1, 0.15) is 14.8 Å². The summed E-state index contributed by atoms with van der Waals surface area (Å²) >= 11 is 4.83. The number of nitrogens with two attached hydrogens (primary N) is 1. The number of sulfone groups is 1. The molecule has 0 aromatic heterocycles. The third kappa shape index (κ3) is 4.73. The van der Waals surface area contributed by atoms with Gasteiger partial charge in [0.05, 0.1) is 17.2 Å². The Morgan fingerprint density at radius 2 is 1.85 bits per heavy atom. The highest BCUT2D eigenvalue weighted by Gasteiger charge is 2.21. The summed E-state index contributed by atoms with van der Waals surface area (Å²) in [5, 5.41) is 0. The number of sulfonamides is 1. The van der Waals surface area contributed by atoms with Crippen LogP contribution in [0.15, 0.2) is 24.3 Å². The van der Waals surface area contributed by atoms with Gasteiger partial charge in [-0.15, -0.1) is 0 Å². The van der Waals surface area contributed by atoms with Crippen molar-refractivity contribution in [3.8, 4) is 0 Å². The highest BCUT2D eigenvalue weighted by Crippen LogP contribution is 2.18. The third-order valence-corrected chi connectivity index (χ3v) is 5.83. The van der Waals surface area contributed by atoms with E-state index in [2.05, 4.69) is 0 Å². The maximum atomic E-state index is 12.1. The van der Waals surface area contributed by atoms with E-state index in [0.717, 1.165) is 10.6 Å². The van der Waals surface area contributed by atoms with Crippen LogP contribution < -0.4 is 10.0 Å². The van der Waals surface area contributed by atoms with Crippen molar-refractivity contribution in [2.75, 3.05) is 29.1 Å². The molecule has 1 rings (SSSR count). The molecule has 0 aliphatic heterocycles. The normalized spacial score (nSPS) is 12.1. The third-order valence-electron chi connectivity index (χ3n) is 2.62. The zero-order valence-electron chi connectivity index (χ0n) is 11.1. The molecule has 0 saturated heterocycles. The van der Waals surface area contributed by atoms with Gasteiger partial charge in [-0.3, -0.25) is 4.31 Å². The first kappa shape index (κ1) is 16.9. The van der Waals surface area contributed by atoms with Gasteiger partial charge in [0.2, 0.25) is 10.0 Å². The molecule has 0 radical (unpaired) electrons. The largest absolute Gasteiger partial charge is 0.389 e. The molecule has 1 aromatic carbocycles. The second-order valence-electron chi connectivity index (χ2n) is 4.33. The highest BCUT2D eigenvalue weighted by molar-refractivity contribution is 7.95. The van der Waals surface area contributed by atoms with Crippen molar-refractivity contribution < 1.29 is 16.8 Å². The number of benzene rings is 1. The number of anilines is 1. The summed E-state index contributed by atoms with van der Waals surface area (Å²) in [5.41, 5.74) is 6.41. The quantitative estimate of drug-likeness (QED) is 0.742. The number of thiocarbonyl (C=S) groups is 1. The average Bonchev–Trinajstić information content (AvgIpc) is 2.35. The fourth-order valence-corrected chi connectivity index (χ4v) is 4.30. The lowest BCUT2D eigenvalue weighted by atomic mass is 10.2. The van der Waals surface area contributed by atoms with Gasteiger partial charge in [-0.2, -0.15) is 0 Å². The first-order chi connectivity index (χ1) is 9.03. The summed E-state index contributed by atoms with van der Waals surface area (Å²) in [5.74, 6) is -0.895. The molecule has 0 unspecified atom stereocenters. The lowest BCUT2D eigenvalue weighted by Gasteiger charge is -2.19. The van der Waals surface area contributed by atoms with E-state index >= 15 is 0 Å². The predicted octanol–water partition coefficient (Wildman–Crippen LogP) is 0.131. The standard InChI is InChI=1S/C11H16N2O4S3/c1-13(20(16,17)7-6-19(2,14)15)10-5-3-4-9(8-10)11(12)18/h3-5,8H,6-7H2,1-2H3,(H2,12,18). The average molecular weight is 336 g/mol. The molecule has 0 saturated carbocycles. The lowest BCUT2D eigenvalue weighted by Crippen LogP contribution is -2.31. The van der Waals surface area contributed by atoms with Crippen LogP contribution in [-0.2, 0) is 19.9 Å². The van der Waals surface area contributed by atoms with E-state index in [9.17, 15) is 16.8 Å². The van der Waals surface area contributed by atoms with Crippen LogP contribution in [0.1, 0.15) is 5.56 Å². The zero-order chi connectivity index (χ0) is 15.6. The van der Waals surface area contributed by atoms with Crippen LogP contribution in [0.2, 0.25) is 0 Å². The Balaban J connectivity index is 3.02. The van der Waals surface area contributed by atoms with Crippen molar-refractivity contribution in [2.24, 2.45) is 5.73 Å². The maximum absolute atomic E-state index is 12.1. The van der Waals surface area contributed by atoms with Crippen LogP contribution in [0.4, 0.5) is 5.69 Å². The van der Waals surface area contributed by atoms with Gasteiger partial charge in [0, 0.05) is 18.9 Å². The van der Waals surface area contributed by atoms with Crippen LogP contribution in [0.25, 0.3) is 0 Å². The minimum atomic E-state index is -3.72. The highest BCUT2D eigenvalue weighted by atomic mass is 32.2. The Hall–Kier alpha value is -1.19. The van der Waals surface area contributed by atoms with Gasteiger partial charge in [0.15, 0.2) is 0 Å². The summed E-state index contributed by atoms with van der Waals surface area (Å²) in [7, 11) is -5.70. The monoisotopic (exact) mass is 336 g/mol. The van der Waals surface area contributed by atoms with Crippen molar-refractivity contribution in [3.63, 3.8) is 0 Å². The molecule has 9 heteroatoms. The summed E-state index contributed by atoms with van der Waals surface area (Å²) < 4.78 is 47.3. The number of hydrogen-bond donors (Lipinski definition) is 1. The summed E-state index contributed by atoms with van der Waals surface area (Å²) in [6, 6.07) is 6.43. The van der Waals surface area contributed by atoms with E-state index in [0.29, 0.717) is 11.3 Å². The smallest absolute Gasteiger partial charge is 0.235 e. The minimum absolute atomic E-state index is 0.161. The van der Waals surface area contributed by atoms with E-state index < -0.39 is 31.4 Å². The predicted molar refractivity (Wildman–Crippen MR) is 84.2 cm³/mol. The molecule has 0 atom stereocenters. The van der Waals surface area contributed by atoms with E-state index in [1.807, 2.05) is 0 Å². The zero-order valence-corrected chi connectivity index (χ0v) is 13.6. The van der Waals surface area contributed by atoms with E-state index in [-0.39, 0.29) is 4.99 Å². The lowest BCUT2D eigenvalue weighted by molar-refractivity contribution is 0.589. The van der Waals surface area contributed by atoms with Crippen LogP contribution >= 0.6 is 12.2 Å². The Kier molecular flexibility index (Phi) is 5.11. The van der Waals surface area contributed by atoms with Crippen LogP contribution in [0, 0.1) is 0 Å². The van der Waals surface area contributed by atoms with E-state index in [1.54, 1.807) is 24.3 Å². The maximum Gasteiger partial charge on any atom is 0.235 e.